The fourth-order valence-corrected chi connectivity index (χ4v) is 3.32. The number of nitrogens with two attached hydrogens (primary N) is 2. The Kier molecular flexibility index (Phi) is 4.97. The van der Waals surface area contributed by atoms with E-state index in [1.54, 1.807) is 34.9 Å². The molecule has 1 saturated heterocycles. The molecular formula is C19H20N6O4. The predicted octanol–water partition coefficient (Wildman–Crippen LogP) is 0.614. The number of aldehydes is 1. The molecule has 0 saturated carbocycles. The van der Waals surface area contributed by atoms with E-state index in [-0.39, 0.29) is 24.8 Å². The lowest BCUT2D eigenvalue weighted by molar-refractivity contribution is -0.0433. The fraction of sp³-hybridized carbons (Fsp3) is 0.263. The normalized spacial score (nSPS) is 21.9. The fourth-order valence-electron chi connectivity index (χ4n) is 3.32. The average Bonchev–Trinajstić information content (AvgIpc) is 3.26. The van der Waals surface area contributed by atoms with Gasteiger partial charge in [-0.15, -0.1) is 0 Å². The minimum atomic E-state index is -0.827. The maximum absolute atomic E-state index is 10.8. The van der Waals surface area contributed by atoms with Crippen LogP contribution in [-0.2, 0) is 4.74 Å². The van der Waals surface area contributed by atoms with Crippen LogP contribution in [0.4, 0.5) is 11.8 Å². The predicted molar refractivity (Wildman–Crippen MR) is 107 cm³/mol. The molecule has 0 radical (unpaired) electrons. The van der Waals surface area contributed by atoms with Crippen molar-refractivity contribution >= 4 is 41.4 Å². The largest absolute Gasteiger partial charge is 0.394 e. The van der Waals surface area contributed by atoms with Crippen molar-refractivity contribution in [1.29, 1.82) is 0 Å². The van der Waals surface area contributed by atoms with Crippen LogP contribution in [0.5, 0.6) is 0 Å². The molecule has 3 aromatic rings. The molecule has 4 rings (SSSR count). The van der Waals surface area contributed by atoms with Crippen LogP contribution in [0.2, 0.25) is 0 Å². The number of aliphatic hydroxyl groups excluding tert-OH is 2. The zero-order valence-corrected chi connectivity index (χ0v) is 15.3. The van der Waals surface area contributed by atoms with E-state index < -0.39 is 18.4 Å². The van der Waals surface area contributed by atoms with E-state index >= 15 is 0 Å². The molecule has 0 spiro atoms. The highest BCUT2D eigenvalue weighted by Crippen LogP contribution is 2.34. The summed E-state index contributed by atoms with van der Waals surface area (Å²) in [6.07, 6.45) is 2.43. The third-order valence-electron chi connectivity index (χ3n) is 4.78. The molecule has 1 aliphatic rings. The van der Waals surface area contributed by atoms with Gasteiger partial charge in [0.05, 0.1) is 12.7 Å². The lowest BCUT2D eigenvalue weighted by Crippen LogP contribution is -2.24. The Labute approximate surface area is 165 Å². The third-order valence-corrected chi connectivity index (χ3v) is 4.78. The average molecular weight is 396 g/mol. The van der Waals surface area contributed by atoms with Gasteiger partial charge in [-0.2, -0.15) is 9.97 Å². The Morgan fingerprint density at radius 1 is 1.14 bits per heavy atom. The van der Waals surface area contributed by atoms with Crippen molar-refractivity contribution < 1.29 is 19.7 Å². The molecule has 3 atom stereocenters. The summed E-state index contributed by atoms with van der Waals surface area (Å²) in [7, 11) is 0. The lowest BCUT2D eigenvalue weighted by Gasteiger charge is -2.15. The summed E-state index contributed by atoms with van der Waals surface area (Å²) < 4.78 is 7.47. The first-order valence-electron chi connectivity index (χ1n) is 8.98. The topological polar surface area (TPSA) is 162 Å². The van der Waals surface area contributed by atoms with E-state index in [1.165, 1.54) is 0 Å². The SMILES string of the molecule is Nc1nc(N)c2nc(C=Cc3ccc(C=O)cc3)n([C@H]3C[C@H](O)[C@@H](CO)O3)c2n1. The number of nitrogen functional groups attached to an aromatic ring is 2. The van der Waals surface area contributed by atoms with E-state index in [4.69, 9.17) is 16.2 Å². The van der Waals surface area contributed by atoms with Gasteiger partial charge in [0.1, 0.15) is 24.4 Å². The second-order valence-corrected chi connectivity index (χ2v) is 6.71. The molecule has 150 valence electrons. The van der Waals surface area contributed by atoms with Crippen LogP contribution in [0, 0.1) is 0 Å². The number of fused-ring (bicyclic) bond motifs is 1. The molecule has 10 nitrogen and oxygen atoms in total. The number of ether oxygens (including phenoxy) is 1. The highest BCUT2D eigenvalue weighted by molar-refractivity contribution is 5.85. The lowest BCUT2D eigenvalue weighted by atomic mass is 10.1. The molecule has 0 aliphatic carbocycles. The molecule has 29 heavy (non-hydrogen) atoms. The van der Waals surface area contributed by atoms with Crippen LogP contribution in [0.3, 0.4) is 0 Å². The van der Waals surface area contributed by atoms with Gasteiger partial charge in [0.25, 0.3) is 0 Å². The summed E-state index contributed by atoms with van der Waals surface area (Å²) in [5.41, 5.74) is 13.9. The van der Waals surface area contributed by atoms with Crippen molar-refractivity contribution in [3.63, 3.8) is 0 Å². The van der Waals surface area contributed by atoms with E-state index in [0.717, 1.165) is 11.8 Å². The van der Waals surface area contributed by atoms with Crippen molar-refractivity contribution in [2.45, 2.75) is 24.9 Å². The second kappa shape index (κ2) is 7.59. The zero-order valence-electron chi connectivity index (χ0n) is 15.3. The van der Waals surface area contributed by atoms with Gasteiger partial charge in [0.2, 0.25) is 5.95 Å². The molecule has 1 aromatic carbocycles. The first-order chi connectivity index (χ1) is 14.0. The smallest absolute Gasteiger partial charge is 0.224 e. The Balaban J connectivity index is 1.79. The van der Waals surface area contributed by atoms with Crippen LogP contribution in [0.25, 0.3) is 23.3 Å². The summed E-state index contributed by atoms with van der Waals surface area (Å²) in [5.74, 6) is 0.601. The number of anilines is 2. The highest BCUT2D eigenvalue weighted by Gasteiger charge is 2.36. The summed E-state index contributed by atoms with van der Waals surface area (Å²) >= 11 is 0. The Morgan fingerprint density at radius 3 is 2.52 bits per heavy atom. The van der Waals surface area contributed by atoms with Gasteiger partial charge in [0, 0.05) is 12.0 Å². The number of carbonyl (C=O) groups is 1. The van der Waals surface area contributed by atoms with E-state index in [2.05, 4.69) is 15.0 Å². The summed E-state index contributed by atoms with van der Waals surface area (Å²) in [4.78, 5) is 23.5. The van der Waals surface area contributed by atoms with Gasteiger partial charge in [-0.25, -0.2) is 4.98 Å². The summed E-state index contributed by atoms with van der Waals surface area (Å²) in [5, 5.41) is 19.5. The molecule has 1 fully saturated rings. The first kappa shape index (κ1) is 19.0. The van der Waals surface area contributed by atoms with Crippen molar-refractivity contribution in [3.05, 3.63) is 41.2 Å². The minimum absolute atomic E-state index is 0.00613. The maximum atomic E-state index is 10.8. The Hall–Kier alpha value is -3.34. The number of imidazole rings is 1. The highest BCUT2D eigenvalue weighted by atomic mass is 16.5. The number of benzene rings is 1. The van der Waals surface area contributed by atoms with Crippen molar-refractivity contribution in [3.8, 4) is 0 Å². The number of rotatable bonds is 5. The quantitative estimate of drug-likeness (QED) is 0.453. The molecule has 6 N–H and O–H groups in total. The minimum Gasteiger partial charge on any atom is -0.394 e. The van der Waals surface area contributed by atoms with Crippen LogP contribution < -0.4 is 11.5 Å². The number of aromatic nitrogens is 4. The van der Waals surface area contributed by atoms with Gasteiger partial charge in [0.15, 0.2) is 17.0 Å². The van der Waals surface area contributed by atoms with E-state index in [0.29, 0.717) is 22.6 Å². The van der Waals surface area contributed by atoms with Gasteiger partial charge in [-0.1, -0.05) is 30.3 Å². The number of hydrogen-bond acceptors (Lipinski definition) is 9. The molecule has 10 heteroatoms. The van der Waals surface area contributed by atoms with E-state index in [9.17, 15) is 15.0 Å². The molecule has 1 aliphatic heterocycles. The van der Waals surface area contributed by atoms with Gasteiger partial charge in [-0.05, 0) is 11.6 Å². The van der Waals surface area contributed by atoms with Crippen molar-refractivity contribution in [2.75, 3.05) is 18.1 Å². The molecule has 0 bridgehead atoms. The van der Waals surface area contributed by atoms with Crippen molar-refractivity contribution in [2.24, 2.45) is 0 Å². The van der Waals surface area contributed by atoms with Gasteiger partial charge in [-0.3, -0.25) is 9.36 Å². The summed E-state index contributed by atoms with van der Waals surface area (Å²) in [6, 6.07) is 7.03. The monoisotopic (exact) mass is 396 g/mol. The van der Waals surface area contributed by atoms with Gasteiger partial charge < -0.3 is 26.4 Å². The first-order valence-corrected chi connectivity index (χ1v) is 8.98. The van der Waals surface area contributed by atoms with Crippen LogP contribution in [-0.4, -0.2) is 54.8 Å². The standard InChI is InChI=1S/C19H20N6O4/c20-17-16-18(24-19(21)23-17)25(15-7-12(28)13(9-27)29-15)14(22-16)6-5-10-1-3-11(8-26)4-2-10/h1-6,8,12-13,15,27-28H,7,9H2,(H4,20,21,23,24)/t12-,13+,15+/m0/s1. The van der Waals surface area contributed by atoms with Crippen LogP contribution in [0.1, 0.15) is 34.4 Å². The Bertz CT molecular complexity index is 1080. The molecule has 3 heterocycles. The number of carbonyl (C=O) groups excluding carboxylic acids is 1. The Morgan fingerprint density at radius 2 is 1.86 bits per heavy atom. The summed E-state index contributed by atoms with van der Waals surface area (Å²) in [6.45, 7) is -0.308. The second-order valence-electron chi connectivity index (χ2n) is 6.71. The van der Waals surface area contributed by atoms with Crippen LogP contribution >= 0.6 is 0 Å². The van der Waals surface area contributed by atoms with E-state index in [1.807, 2.05) is 6.08 Å². The number of nitrogens with zero attached hydrogens (tertiary/aromatic N) is 4. The van der Waals surface area contributed by atoms with Crippen LogP contribution in [0.15, 0.2) is 24.3 Å². The number of hydrogen-bond donors (Lipinski definition) is 4. The maximum Gasteiger partial charge on any atom is 0.224 e. The molecular weight excluding hydrogens is 376 g/mol. The zero-order chi connectivity index (χ0) is 20.5. The molecule has 2 aromatic heterocycles. The third kappa shape index (κ3) is 3.56. The molecule has 0 unspecified atom stereocenters. The molecule has 0 amide bonds. The van der Waals surface area contributed by atoms with Gasteiger partial charge >= 0.3 is 0 Å². The van der Waals surface area contributed by atoms with Crippen molar-refractivity contribution in [1.82, 2.24) is 19.5 Å². The number of aliphatic hydroxyl groups is 2.